The molecule has 0 radical (unpaired) electrons. The van der Waals surface area contributed by atoms with Gasteiger partial charge in [0.2, 0.25) is 0 Å². The van der Waals surface area contributed by atoms with Crippen molar-refractivity contribution in [2.75, 3.05) is 6.54 Å². The van der Waals surface area contributed by atoms with Gasteiger partial charge >= 0.3 is 0 Å². The Morgan fingerprint density at radius 3 is 2.55 bits per heavy atom. The molecule has 1 aliphatic rings. The van der Waals surface area contributed by atoms with Crippen LogP contribution in [0.3, 0.4) is 0 Å². The van der Waals surface area contributed by atoms with Gasteiger partial charge in [-0.1, -0.05) is 23.7 Å². The maximum Gasteiger partial charge on any atom is 0.258 e. The monoisotopic (exact) mass is 317 g/mol. The minimum absolute atomic E-state index is 0.0158. The van der Waals surface area contributed by atoms with Gasteiger partial charge in [0.05, 0.1) is 11.6 Å². The Bertz CT molecular complexity index is 700. The molecule has 1 unspecified atom stereocenters. The first-order valence-corrected chi connectivity index (χ1v) is 7.52. The quantitative estimate of drug-likeness (QED) is 0.887. The molecule has 1 saturated heterocycles. The highest BCUT2D eigenvalue weighted by Crippen LogP contribution is 2.35. The summed E-state index contributed by atoms with van der Waals surface area (Å²) in [6.45, 7) is 0.645. The van der Waals surface area contributed by atoms with Crippen molar-refractivity contribution in [3.8, 4) is 11.5 Å². The van der Waals surface area contributed by atoms with Crippen LogP contribution < -0.4 is 0 Å². The average Bonchev–Trinajstić information content (AvgIpc) is 2.97. The minimum atomic E-state index is -0.227. The Morgan fingerprint density at radius 1 is 1.14 bits per heavy atom. The molecule has 3 rings (SSSR count). The SMILES string of the molecule is O=C(c1ccc(O)cc1O)N1CCCC1c1ccc(Cl)cc1. The summed E-state index contributed by atoms with van der Waals surface area (Å²) in [5.74, 6) is -0.494. The number of rotatable bonds is 2. The van der Waals surface area contributed by atoms with E-state index in [9.17, 15) is 15.0 Å². The lowest BCUT2D eigenvalue weighted by atomic mass is 10.0. The third kappa shape index (κ3) is 2.74. The van der Waals surface area contributed by atoms with Crippen LogP contribution in [0.25, 0.3) is 0 Å². The van der Waals surface area contributed by atoms with Gasteiger partial charge in [0, 0.05) is 17.6 Å². The van der Waals surface area contributed by atoms with Crippen LogP contribution in [0.4, 0.5) is 0 Å². The Hall–Kier alpha value is -2.20. The van der Waals surface area contributed by atoms with Crippen molar-refractivity contribution in [3.05, 3.63) is 58.6 Å². The molecule has 1 heterocycles. The van der Waals surface area contributed by atoms with Crippen LogP contribution in [0.15, 0.2) is 42.5 Å². The van der Waals surface area contributed by atoms with Crippen LogP contribution in [-0.2, 0) is 0 Å². The second kappa shape index (κ2) is 5.89. The number of carbonyl (C=O) groups excluding carboxylic acids is 1. The van der Waals surface area contributed by atoms with E-state index >= 15 is 0 Å². The molecule has 0 saturated carbocycles. The number of hydrogen-bond donors (Lipinski definition) is 2. The average molecular weight is 318 g/mol. The highest BCUT2D eigenvalue weighted by atomic mass is 35.5. The second-order valence-electron chi connectivity index (χ2n) is 5.41. The van der Waals surface area contributed by atoms with Crippen LogP contribution in [0.1, 0.15) is 34.8 Å². The molecule has 0 aromatic heterocycles. The summed E-state index contributed by atoms with van der Waals surface area (Å²) in [7, 11) is 0. The molecule has 2 N–H and O–H groups in total. The van der Waals surface area contributed by atoms with Gasteiger partial charge < -0.3 is 15.1 Å². The first-order valence-electron chi connectivity index (χ1n) is 7.14. The van der Waals surface area contributed by atoms with Crippen LogP contribution in [0, 0.1) is 0 Å². The van der Waals surface area contributed by atoms with Crippen molar-refractivity contribution in [2.45, 2.75) is 18.9 Å². The number of nitrogens with zero attached hydrogens (tertiary/aromatic N) is 1. The van der Waals surface area contributed by atoms with E-state index in [0.717, 1.165) is 18.4 Å². The summed E-state index contributed by atoms with van der Waals surface area (Å²) < 4.78 is 0. The van der Waals surface area contributed by atoms with E-state index in [-0.39, 0.29) is 29.0 Å². The van der Waals surface area contributed by atoms with Crippen molar-refractivity contribution >= 4 is 17.5 Å². The van der Waals surface area contributed by atoms with E-state index in [0.29, 0.717) is 11.6 Å². The fourth-order valence-electron chi connectivity index (χ4n) is 2.90. The lowest BCUT2D eigenvalue weighted by Gasteiger charge is -2.25. The van der Waals surface area contributed by atoms with Crippen molar-refractivity contribution < 1.29 is 15.0 Å². The highest BCUT2D eigenvalue weighted by molar-refractivity contribution is 6.30. The zero-order valence-corrected chi connectivity index (χ0v) is 12.6. The summed E-state index contributed by atoms with van der Waals surface area (Å²) in [5, 5.41) is 19.9. The molecule has 1 fully saturated rings. The number of likely N-dealkylation sites (tertiary alicyclic amines) is 1. The van der Waals surface area contributed by atoms with E-state index in [1.54, 1.807) is 4.90 Å². The Kier molecular flexibility index (Phi) is 3.94. The molecule has 22 heavy (non-hydrogen) atoms. The third-order valence-corrected chi connectivity index (χ3v) is 4.23. The van der Waals surface area contributed by atoms with E-state index < -0.39 is 0 Å². The van der Waals surface area contributed by atoms with E-state index in [2.05, 4.69) is 0 Å². The number of phenols is 2. The number of carbonyl (C=O) groups is 1. The maximum absolute atomic E-state index is 12.7. The van der Waals surface area contributed by atoms with Crippen LogP contribution in [0.2, 0.25) is 5.02 Å². The number of hydrogen-bond acceptors (Lipinski definition) is 3. The molecule has 0 aliphatic carbocycles. The van der Waals surface area contributed by atoms with Gasteiger partial charge in [0.1, 0.15) is 11.5 Å². The molecule has 2 aromatic rings. The van der Waals surface area contributed by atoms with Crippen molar-refractivity contribution in [1.82, 2.24) is 4.90 Å². The highest BCUT2D eigenvalue weighted by Gasteiger charge is 2.31. The maximum atomic E-state index is 12.7. The normalized spacial score (nSPS) is 17.7. The molecule has 5 heteroatoms. The number of aromatic hydroxyl groups is 2. The smallest absolute Gasteiger partial charge is 0.258 e. The fourth-order valence-corrected chi connectivity index (χ4v) is 3.02. The predicted octanol–water partition coefficient (Wildman–Crippen LogP) is 3.73. The molecule has 1 amide bonds. The van der Waals surface area contributed by atoms with Crippen LogP contribution >= 0.6 is 11.6 Å². The van der Waals surface area contributed by atoms with Gasteiger partial charge in [0.25, 0.3) is 5.91 Å². The minimum Gasteiger partial charge on any atom is -0.508 e. The van der Waals surface area contributed by atoms with Crippen LogP contribution in [0.5, 0.6) is 11.5 Å². The van der Waals surface area contributed by atoms with Gasteiger partial charge in [-0.3, -0.25) is 4.79 Å². The van der Waals surface area contributed by atoms with Gasteiger partial charge in [-0.25, -0.2) is 0 Å². The number of phenolic OH excluding ortho intramolecular Hbond substituents is 2. The van der Waals surface area contributed by atoms with E-state index in [4.69, 9.17) is 11.6 Å². The van der Waals surface area contributed by atoms with E-state index in [1.807, 2.05) is 24.3 Å². The fraction of sp³-hybridized carbons (Fsp3) is 0.235. The molecular formula is C17H16ClNO3. The number of halogens is 1. The molecule has 2 aromatic carbocycles. The summed E-state index contributed by atoms with van der Waals surface area (Å²) in [6, 6.07) is 11.5. The van der Waals surface area contributed by atoms with Crippen molar-refractivity contribution in [1.29, 1.82) is 0 Å². The molecule has 4 nitrogen and oxygen atoms in total. The summed E-state index contributed by atoms with van der Waals surface area (Å²) in [4.78, 5) is 14.4. The number of amides is 1. The third-order valence-electron chi connectivity index (χ3n) is 3.98. The summed E-state index contributed by atoms with van der Waals surface area (Å²) in [5.41, 5.74) is 1.24. The standard InChI is InChI=1S/C17H16ClNO3/c18-12-5-3-11(4-6-12)15-2-1-9-19(15)17(22)14-8-7-13(20)10-16(14)21/h3-8,10,15,20-21H,1-2,9H2. The molecule has 1 aliphatic heterocycles. The first kappa shape index (κ1) is 14.7. The summed E-state index contributed by atoms with van der Waals surface area (Å²) >= 11 is 5.91. The largest absolute Gasteiger partial charge is 0.508 e. The summed E-state index contributed by atoms with van der Waals surface area (Å²) in [6.07, 6.45) is 1.80. The lowest BCUT2D eigenvalue weighted by molar-refractivity contribution is 0.0732. The zero-order valence-electron chi connectivity index (χ0n) is 11.9. The zero-order chi connectivity index (χ0) is 15.7. The molecule has 114 valence electrons. The lowest BCUT2D eigenvalue weighted by Crippen LogP contribution is -2.30. The van der Waals surface area contributed by atoms with Gasteiger partial charge in [-0.2, -0.15) is 0 Å². The second-order valence-corrected chi connectivity index (χ2v) is 5.85. The van der Waals surface area contributed by atoms with Gasteiger partial charge in [-0.15, -0.1) is 0 Å². The molecular weight excluding hydrogens is 302 g/mol. The topological polar surface area (TPSA) is 60.8 Å². The van der Waals surface area contributed by atoms with Gasteiger partial charge in [0.15, 0.2) is 0 Å². The van der Waals surface area contributed by atoms with Crippen LogP contribution in [-0.4, -0.2) is 27.6 Å². The van der Waals surface area contributed by atoms with Crippen molar-refractivity contribution in [3.63, 3.8) is 0 Å². The Morgan fingerprint density at radius 2 is 1.86 bits per heavy atom. The van der Waals surface area contributed by atoms with E-state index in [1.165, 1.54) is 18.2 Å². The molecule has 0 bridgehead atoms. The van der Waals surface area contributed by atoms with Gasteiger partial charge in [-0.05, 0) is 42.7 Å². The molecule has 0 spiro atoms. The predicted molar refractivity (Wildman–Crippen MR) is 84.2 cm³/mol. The Labute approximate surface area is 133 Å². The molecule has 1 atom stereocenters. The van der Waals surface area contributed by atoms with Crippen molar-refractivity contribution in [2.24, 2.45) is 0 Å². The number of benzene rings is 2. The Balaban J connectivity index is 1.89. The first-order chi connectivity index (χ1) is 10.6.